The van der Waals surface area contributed by atoms with Gasteiger partial charge in [-0.25, -0.2) is 0 Å². The lowest BCUT2D eigenvalue weighted by atomic mass is 10.3. The third kappa shape index (κ3) is 3.94. The summed E-state index contributed by atoms with van der Waals surface area (Å²) in [5.41, 5.74) is 0.719. The molecule has 1 aromatic heterocycles. The molecule has 0 fully saturated rings. The molecular formula is C13H17N5O2S. The fourth-order valence-electron chi connectivity index (χ4n) is 1.62. The second kappa shape index (κ2) is 6.57. The van der Waals surface area contributed by atoms with Crippen molar-refractivity contribution < 1.29 is 9.90 Å². The van der Waals surface area contributed by atoms with Gasteiger partial charge in [0.1, 0.15) is 5.75 Å². The van der Waals surface area contributed by atoms with E-state index in [4.69, 9.17) is 0 Å². The molecule has 112 valence electrons. The molecule has 1 amide bonds. The molecule has 8 heteroatoms. The summed E-state index contributed by atoms with van der Waals surface area (Å²) in [6.07, 6.45) is 0. The topological polar surface area (TPSA) is 92.9 Å². The number of carbonyl (C=O) groups is 1. The van der Waals surface area contributed by atoms with Crippen molar-refractivity contribution in [1.82, 2.24) is 25.5 Å². The van der Waals surface area contributed by atoms with Gasteiger partial charge in [-0.3, -0.25) is 4.79 Å². The van der Waals surface area contributed by atoms with E-state index in [9.17, 15) is 9.90 Å². The summed E-state index contributed by atoms with van der Waals surface area (Å²) in [6, 6.07) is 6.61. The summed E-state index contributed by atoms with van der Waals surface area (Å²) < 4.78 is 1.53. The van der Waals surface area contributed by atoms with Crippen LogP contribution in [-0.2, 0) is 4.79 Å². The van der Waals surface area contributed by atoms with Gasteiger partial charge >= 0.3 is 0 Å². The van der Waals surface area contributed by atoms with Crippen LogP contribution in [0.25, 0.3) is 5.69 Å². The van der Waals surface area contributed by atoms with E-state index in [2.05, 4.69) is 20.8 Å². The molecule has 1 unspecified atom stereocenters. The minimum atomic E-state index is -0.311. The summed E-state index contributed by atoms with van der Waals surface area (Å²) >= 11 is 1.28. The standard InChI is InChI=1S/C13H17N5O2S/c1-8(2)14-12(20)9(3)21-13-15-16-17-18(13)10-4-6-11(19)7-5-10/h4-9,19H,1-3H3,(H,14,20). The molecule has 1 heterocycles. The Morgan fingerprint density at radius 1 is 1.29 bits per heavy atom. The van der Waals surface area contributed by atoms with Crippen LogP contribution in [-0.4, -0.2) is 42.5 Å². The van der Waals surface area contributed by atoms with Gasteiger partial charge < -0.3 is 10.4 Å². The van der Waals surface area contributed by atoms with Crippen LogP contribution in [0.1, 0.15) is 20.8 Å². The first-order valence-electron chi connectivity index (χ1n) is 6.52. The Bertz CT molecular complexity index is 611. The number of aromatic nitrogens is 4. The van der Waals surface area contributed by atoms with E-state index in [0.29, 0.717) is 5.16 Å². The highest BCUT2D eigenvalue weighted by Gasteiger charge is 2.19. The number of rotatable bonds is 5. The normalized spacial score (nSPS) is 12.4. The van der Waals surface area contributed by atoms with Gasteiger partial charge in [0.25, 0.3) is 0 Å². The summed E-state index contributed by atoms with van der Waals surface area (Å²) in [4.78, 5) is 11.9. The maximum Gasteiger partial charge on any atom is 0.233 e. The van der Waals surface area contributed by atoms with Gasteiger partial charge in [-0.2, -0.15) is 4.68 Å². The molecule has 1 aromatic carbocycles. The average Bonchev–Trinajstić information content (AvgIpc) is 2.87. The molecule has 1 atom stereocenters. The third-order valence-electron chi connectivity index (χ3n) is 2.62. The van der Waals surface area contributed by atoms with Crippen LogP contribution in [0.15, 0.2) is 29.4 Å². The van der Waals surface area contributed by atoms with Gasteiger partial charge in [-0.1, -0.05) is 11.8 Å². The Labute approximate surface area is 126 Å². The molecule has 0 aliphatic rings. The molecule has 0 saturated heterocycles. The predicted molar refractivity (Wildman–Crippen MR) is 79.4 cm³/mol. The van der Waals surface area contributed by atoms with E-state index < -0.39 is 0 Å². The number of hydrogen-bond donors (Lipinski definition) is 2. The van der Waals surface area contributed by atoms with Gasteiger partial charge in [0.05, 0.1) is 10.9 Å². The maximum absolute atomic E-state index is 11.9. The Morgan fingerprint density at radius 2 is 1.95 bits per heavy atom. The van der Waals surface area contributed by atoms with E-state index in [0.717, 1.165) is 5.69 Å². The molecule has 0 bridgehead atoms. The number of aromatic hydroxyl groups is 1. The zero-order valence-corrected chi connectivity index (χ0v) is 12.8. The molecule has 0 aliphatic heterocycles. The van der Waals surface area contributed by atoms with Crippen LogP contribution >= 0.6 is 11.8 Å². The monoisotopic (exact) mass is 307 g/mol. The molecule has 21 heavy (non-hydrogen) atoms. The number of thioether (sulfide) groups is 1. The number of phenols is 1. The first-order valence-corrected chi connectivity index (χ1v) is 7.40. The first kappa shape index (κ1) is 15.3. The van der Waals surface area contributed by atoms with Crippen LogP contribution in [0, 0.1) is 0 Å². The number of hydrogen-bond acceptors (Lipinski definition) is 6. The van der Waals surface area contributed by atoms with Crippen molar-refractivity contribution in [1.29, 1.82) is 0 Å². The van der Waals surface area contributed by atoms with Gasteiger partial charge in [-0.05, 0) is 55.5 Å². The number of tetrazole rings is 1. The van der Waals surface area contributed by atoms with Crippen molar-refractivity contribution >= 4 is 17.7 Å². The zero-order chi connectivity index (χ0) is 15.4. The number of phenolic OH excluding ortho intramolecular Hbond substituents is 1. The summed E-state index contributed by atoms with van der Waals surface area (Å²) in [5.74, 6) is 0.112. The van der Waals surface area contributed by atoms with Crippen LogP contribution in [0.4, 0.5) is 0 Å². The fourth-order valence-corrected chi connectivity index (χ4v) is 2.44. The van der Waals surface area contributed by atoms with E-state index in [1.54, 1.807) is 31.2 Å². The van der Waals surface area contributed by atoms with Gasteiger partial charge in [-0.15, -0.1) is 5.10 Å². The van der Waals surface area contributed by atoms with Crippen LogP contribution in [0.2, 0.25) is 0 Å². The SMILES string of the molecule is CC(C)NC(=O)C(C)Sc1nnnn1-c1ccc(O)cc1. The highest BCUT2D eigenvalue weighted by atomic mass is 32.2. The van der Waals surface area contributed by atoms with E-state index in [1.165, 1.54) is 16.4 Å². The maximum atomic E-state index is 11.9. The molecule has 0 spiro atoms. The van der Waals surface area contributed by atoms with Crippen LogP contribution < -0.4 is 5.32 Å². The first-order chi connectivity index (χ1) is 9.97. The number of nitrogens with zero attached hydrogens (tertiary/aromatic N) is 4. The van der Waals surface area contributed by atoms with Gasteiger partial charge in [0.15, 0.2) is 0 Å². The molecule has 0 saturated carbocycles. The minimum Gasteiger partial charge on any atom is -0.508 e. The second-order valence-electron chi connectivity index (χ2n) is 4.81. The van der Waals surface area contributed by atoms with E-state index in [1.807, 2.05) is 13.8 Å². The van der Waals surface area contributed by atoms with E-state index >= 15 is 0 Å². The lowest BCUT2D eigenvalue weighted by Gasteiger charge is -2.13. The second-order valence-corrected chi connectivity index (χ2v) is 6.12. The lowest BCUT2D eigenvalue weighted by Crippen LogP contribution is -2.36. The molecule has 0 radical (unpaired) electrons. The van der Waals surface area contributed by atoms with Crippen molar-refractivity contribution in [3.8, 4) is 11.4 Å². The highest BCUT2D eigenvalue weighted by Crippen LogP contribution is 2.23. The number of carbonyl (C=O) groups excluding carboxylic acids is 1. The largest absolute Gasteiger partial charge is 0.508 e. The van der Waals surface area contributed by atoms with E-state index in [-0.39, 0.29) is 22.9 Å². The zero-order valence-electron chi connectivity index (χ0n) is 12.0. The molecular weight excluding hydrogens is 290 g/mol. The Balaban J connectivity index is 2.13. The summed E-state index contributed by atoms with van der Waals surface area (Å²) in [5, 5.41) is 23.9. The Morgan fingerprint density at radius 3 is 2.57 bits per heavy atom. The van der Waals surface area contributed by atoms with Crippen molar-refractivity contribution in [3.63, 3.8) is 0 Å². The van der Waals surface area contributed by atoms with Crippen molar-refractivity contribution in [3.05, 3.63) is 24.3 Å². The lowest BCUT2D eigenvalue weighted by molar-refractivity contribution is -0.120. The number of nitrogens with one attached hydrogen (secondary N) is 1. The molecule has 2 rings (SSSR count). The van der Waals surface area contributed by atoms with Gasteiger partial charge in [0.2, 0.25) is 11.1 Å². The number of benzene rings is 1. The average molecular weight is 307 g/mol. The molecule has 2 N–H and O–H groups in total. The minimum absolute atomic E-state index is 0.0599. The smallest absolute Gasteiger partial charge is 0.233 e. The summed E-state index contributed by atoms with van der Waals surface area (Å²) in [6.45, 7) is 5.63. The number of amides is 1. The van der Waals surface area contributed by atoms with Crippen molar-refractivity contribution in [2.75, 3.05) is 0 Å². The third-order valence-corrected chi connectivity index (χ3v) is 3.65. The fraction of sp³-hybridized carbons (Fsp3) is 0.385. The molecule has 0 aliphatic carbocycles. The van der Waals surface area contributed by atoms with Crippen molar-refractivity contribution in [2.45, 2.75) is 37.2 Å². The van der Waals surface area contributed by atoms with Crippen LogP contribution in [0.5, 0.6) is 5.75 Å². The Hall–Kier alpha value is -2.09. The van der Waals surface area contributed by atoms with Gasteiger partial charge in [0, 0.05) is 6.04 Å². The van der Waals surface area contributed by atoms with Crippen molar-refractivity contribution in [2.24, 2.45) is 0 Å². The highest BCUT2D eigenvalue weighted by molar-refractivity contribution is 8.00. The quantitative estimate of drug-likeness (QED) is 0.811. The molecule has 2 aromatic rings. The summed E-state index contributed by atoms with van der Waals surface area (Å²) in [7, 11) is 0. The van der Waals surface area contributed by atoms with Crippen LogP contribution in [0.3, 0.4) is 0 Å². The molecule has 7 nitrogen and oxygen atoms in total. The predicted octanol–water partition coefficient (Wildman–Crippen LogP) is 1.37. The Kier molecular flexibility index (Phi) is 4.79.